The molecule has 0 spiro atoms. The summed E-state index contributed by atoms with van der Waals surface area (Å²) in [6, 6.07) is 0.180. The Labute approximate surface area is 103 Å². The summed E-state index contributed by atoms with van der Waals surface area (Å²) in [5.41, 5.74) is 0. The van der Waals surface area contributed by atoms with Gasteiger partial charge < -0.3 is 13.3 Å². The normalized spacial score (nSPS) is 17.6. The average Bonchev–Trinajstić information content (AvgIpc) is 2.18. The fourth-order valence-corrected chi connectivity index (χ4v) is 1.94. The molecule has 0 atom stereocenters. The van der Waals surface area contributed by atoms with Crippen LogP contribution in [0.1, 0.15) is 19.8 Å². The van der Waals surface area contributed by atoms with Gasteiger partial charge in [0.05, 0.1) is 0 Å². The summed E-state index contributed by atoms with van der Waals surface area (Å²) in [6.45, 7) is 3.12. The topological polar surface area (TPSA) is 58.6 Å². The highest BCUT2D eigenvalue weighted by atomic mass is 127. The molecule has 0 aromatic heterocycles. The van der Waals surface area contributed by atoms with E-state index in [0.29, 0.717) is 0 Å². The quantitative estimate of drug-likeness (QED) is 0.768. The SMILES string of the molecule is CC(=O)N1CCC(NC(=O)COI)CC1. The lowest BCUT2D eigenvalue weighted by Gasteiger charge is -2.31. The number of likely N-dealkylation sites (tertiary alicyclic amines) is 1. The fraction of sp³-hybridized carbons (Fsp3) is 0.778. The first-order valence-electron chi connectivity index (χ1n) is 4.92. The molecule has 0 aliphatic carbocycles. The van der Waals surface area contributed by atoms with Gasteiger partial charge >= 0.3 is 0 Å². The highest BCUT2D eigenvalue weighted by Crippen LogP contribution is 2.10. The van der Waals surface area contributed by atoms with Gasteiger partial charge in [-0.1, -0.05) is 0 Å². The molecule has 1 N–H and O–H groups in total. The van der Waals surface area contributed by atoms with Crippen molar-refractivity contribution in [1.29, 1.82) is 0 Å². The van der Waals surface area contributed by atoms with Crippen LogP contribution in [0.5, 0.6) is 0 Å². The molecule has 1 heterocycles. The van der Waals surface area contributed by atoms with Crippen molar-refractivity contribution in [3.05, 3.63) is 0 Å². The second kappa shape index (κ2) is 6.26. The minimum absolute atomic E-state index is 0.0908. The van der Waals surface area contributed by atoms with Gasteiger partial charge in [0.1, 0.15) is 29.6 Å². The van der Waals surface area contributed by atoms with Crippen LogP contribution in [-0.4, -0.2) is 42.5 Å². The first kappa shape index (κ1) is 12.7. The monoisotopic (exact) mass is 326 g/mol. The summed E-state index contributed by atoms with van der Waals surface area (Å²) in [4.78, 5) is 24.1. The van der Waals surface area contributed by atoms with Crippen molar-refractivity contribution in [2.75, 3.05) is 19.7 Å². The fourth-order valence-electron chi connectivity index (χ4n) is 1.66. The van der Waals surface area contributed by atoms with Crippen LogP contribution in [0.25, 0.3) is 0 Å². The van der Waals surface area contributed by atoms with Crippen molar-refractivity contribution in [2.24, 2.45) is 0 Å². The Hall–Kier alpha value is -0.370. The molecule has 0 radical (unpaired) electrons. The second-order valence-corrected chi connectivity index (χ2v) is 4.22. The van der Waals surface area contributed by atoms with Crippen LogP contribution in [0, 0.1) is 0 Å². The standard InChI is InChI=1S/C9H15IN2O3/c1-7(13)12-4-2-8(3-5-12)11-9(14)6-15-10/h8H,2-6H2,1H3,(H,11,14). The molecule has 1 aliphatic rings. The minimum Gasteiger partial charge on any atom is -0.351 e. The van der Waals surface area contributed by atoms with Crippen LogP contribution >= 0.6 is 23.0 Å². The van der Waals surface area contributed by atoms with Crippen molar-refractivity contribution in [3.8, 4) is 0 Å². The highest BCUT2D eigenvalue weighted by molar-refractivity contribution is 14.1. The van der Waals surface area contributed by atoms with E-state index in [1.165, 1.54) is 0 Å². The van der Waals surface area contributed by atoms with E-state index in [4.69, 9.17) is 3.07 Å². The van der Waals surface area contributed by atoms with Crippen molar-refractivity contribution < 1.29 is 12.7 Å². The van der Waals surface area contributed by atoms with E-state index in [1.807, 2.05) is 0 Å². The summed E-state index contributed by atoms with van der Waals surface area (Å²) in [5, 5.41) is 2.87. The number of carbonyl (C=O) groups is 2. The number of halogens is 1. The van der Waals surface area contributed by atoms with Crippen molar-refractivity contribution in [2.45, 2.75) is 25.8 Å². The van der Waals surface area contributed by atoms with Crippen LogP contribution in [-0.2, 0) is 12.7 Å². The van der Waals surface area contributed by atoms with Crippen LogP contribution in [0.4, 0.5) is 0 Å². The highest BCUT2D eigenvalue weighted by Gasteiger charge is 2.21. The third kappa shape index (κ3) is 4.33. The number of piperidine rings is 1. The zero-order valence-corrected chi connectivity index (χ0v) is 10.8. The number of nitrogens with zero attached hydrogens (tertiary/aromatic N) is 1. The third-order valence-corrected chi connectivity index (χ3v) is 2.80. The summed E-state index contributed by atoms with van der Waals surface area (Å²) >= 11 is 1.70. The summed E-state index contributed by atoms with van der Waals surface area (Å²) < 4.78 is 4.70. The van der Waals surface area contributed by atoms with Gasteiger partial charge in [0.25, 0.3) is 0 Å². The average molecular weight is 326 g/mol. The van der Waals surface area contributed by atoms with Crippen molar-refractivity contribution >= 4 is 34.8 Å². The first-order valence-corrected chi connectivity index (χ1v) is 5.80. The molecule has 0 unspecified atom stereocenters. The Balaban J connectivity index is 2.25. The smallest absolute Gasteiger partial charge is 0.247 e. The van der Waals surface area contributed by atoms with Crippen LogP contribution in [0.3, 0.4) is 0 Å². The van der Waals surface area contributed by atoms with E-state index in [0.717, 1.165) is 25.9 Å². The molecule has 86 valence electrons. The number of nitrogens with one attached hydrogen (secondary N) is 1. The van der Waals surface area contributed by atoms with Gasteiger partial charge in [-0.2, -0.15) is 0 Å². The predicted molar refractivity (Wildman–Crippen MR) is 63.4 cm³/mol. The van der Waals surface area contributed by atoms with Crippen molar-refractivity contribution in [1.82, 2.24) is 10.2 Å². The Kier molecular flexibility index (Phi) is 5.30. The lowest BCUT2D eigenvalue weighted by Crippen LogP contribution is -2.46. The summed E-state index contributed by atoms with van der Waals surface area (Å²) in [5.74, 6) is 0.0149. The van der Waals surface area contributed by atoms with E-state index in [-0.39, 0.29) is 24.5 Å². The Morgan fingerprint density at radius 2 is 2.07 bits per heavy atom. The molecule has 1 fully saturated rings. The first-order chi connectivity index (χ1) is 7.13. The number of amides is 2. The maximum Gasteiger partial charge on any atom is 0.247 e. The summed E-state index contributed by atoms with van der Waals surface area (Å²) in [6.07, 6.45) is 1.65. The molecule has 1 aliphatic heterocycles. The van der Waals surface area contributed by atoms with Gasteiger partial charge in [0.15, 0.2) is 0 Å². The molecule has 1 rings (SSSR count). The predicted octanol–water partition coefficient (Wildman–Crippen LogP) is 0.480. The Bertz CT molecular complexity index is 240. The molecular formula is C9H15IN2O3. The zero-order chi connectivity index (χ0) is 11.3. The van der Waals surface area contributed by atoms with Gasteiger partial charge in [0, 0.05) is 26.1 Å². The molecule has 2 amide bonds. The number of hydrogen-bond donors (Lipinski definition) is 1. The van der Waals surface area contributed by atoms with E-state index in [9.17, 15) is 9.59 Å². The number of rotatable bonds is 3. The van der Waals surface area contributed by atoms with E-state index in [2.05, 4.69) is 5.32 Å². The largest absolute Gasteiger partial charge is 0.351 e. The van der Waals surface area contributed by atoms with Gasteiger partial charge in [0.2, 0.25) is 11.8 Å². The molecule has 6 heteroatoms. The molecule has 0 saturated carbocycles. The number of carbonyl (C=O) groups excluding carboxylic acids is 2. The number of hydrogen-bond acceptors (Lipinski definition) is 3. The van der Waals surface area contributed by atoms with E-state index < -0.39 is 0 Å². The molecule has 0 aromatic carbocycles. The molecule has 0 aromatic rings. The zero-order valence-electron chi connectivity index (χ0n) is 8.66. The van der Waals surface area contributed by atoms with Gasteiger partial charge in [-0.05, 0) is 12.8 Å². The van der Waals surface area contributed by atoms with Crippen LogP contribution in [0.2, 0.25) is 0 Å². The van der Waals surface area contributed by atoms with Gasteiger partial charge in [-0.3, -0.25) is 9.59 Å². The second-order valence-electron chi connectivity index (χ2n) is 3.60. The molecule has 0 bridgehead atoms. The van der Waals surface area contributed by atoms with Crippen LogP contribution < -0.4 is 5.32 Å². The van der Waals surface area contributed by atoms with Crippen molar-refractivity contribution in [3.63, 3.8) is 0 Å². The molecule has 5 nitrogen and oxygen atoms in total. The molecule has 1 saturated heterocycles. The lowest BCUT2D eigenvalue weighted by atomic mass is 10.1. The maximum absolute atomic E-state index is 11.2. The van der Waals surface area contributed by atoms with Gasteiger partial charge in [-0.15, -0.1) is 0 Å². The Morgan fingerprint density at radius 1 is 1.47 bits per heavy atom. The summed E-state index contributed by atoms with van der Waals surface area (Å²) in [7, 11) is 0. The van der Waals surface area contributed by atoms with E-state index in [1.54, 1.807) is 34.8 Å². The Morgan fingerprint density at radius 3 is 2.53 bits per heavy atom. The molecular weight excluding hydrogens is 311 g/mol. The molecule has 15 heavy (non-hydrogen) atoms. The lowest BCUT2D eigenvalue weighted by molar-refractivity contribution is -0.130. The van der Waals surface area contributed by atoms with Gasteiger partial charge in [-0.25, -0.2) is 0 Å². The van der Waals surface area contributed by atoms with Crippen LogP contribution in [0.15, 0.2) is 0 Å². The third-order valence-electron chi connectivity index (χ3n) is 2.49. The maximum atomic E-state index is 11.2. The minimum atomic E-state index is -0.0920. The van der Waals surface area contributed by atoms with E-state index >= 15 is 0 Å².